The first-order valence-corrected chi connectivity index (χ1v) is 7.56. The zero-order chi connectivity index (χ0) is 13.0. The second-order valence-electron chi connectivity index (χ2n) is 5.58. The number of nitrogens with one attached hydrogen (secondary N) is 1. The molecule has 1 aliphatic heterocycles. The van der Waals surface area contributed by atoms with Gasteiger partial charge in [0.1, 0.15) is 0 Å². The summed E-state index contributed by atoms with van der Waals surface area (Å²) in [5.74, 6) is 0. The molecule has 1 aromatic rings. The molecule has 1 atom stereocenters. The van der Waals surface area contributed by atoms with Crippen LogP contribution in [-0.4, -0.2) is 31.6 Å². The van der Waals surface area contributed by atoms with Crippen molar-refractivity contribution in [3.8, 4) is 0 Å². The predicted molar refractivity (Wildman–Crippen MR) is 80.7 cm³/mol. The minimum atomic E-state index is 0.487. The molecule has 0 bridgehead atoms. The van der Waals surface area contributed by atoms with Crippen LogP contribution in [0, 0.1) is 5.41 Å². The molecule has 1 heterocycles. The molecule has 0 aromatic heterocycles. The van der Waals surface area contributed by atoms with Gasteiger partial charge in [0.05, 0.1) is 0 Å². The van der Waals surface area contributed by atoms with Crippen molar-refractivity contribution in [1.29, 1.82) is 0 Å². The van der Waals surface area contributed by atoms with Crippen molar-refractivity contribution in [2.75, 3.05) is 26.7 Å². The van der Waals surface area contributed by atoms with E-state index in [4.69, 9.17) is 0 Å². The lowest BCUT2D eigenvalue weighted by Crippen LogP contribution is -2.36. The van der Waals surface area contributed by atoms with Crippen LogP contribution in [0.4, 0.5) is 0 Å². The molecular formula is C15H23BrN2. The maximum absolute atomic E-state index is 3.54. The van der Waals surface area contributed by atoms with Gasteiger partial charge in [0.25, 0.3) is 0 Å². The van der Waals surface area contributed by atoms with E-state index in [0.29, 0.717) is 5.41 Å². The average molecular weight is 311 g/mol. The van der Waals surface area contributed by atoms with E-state index in [1.807, 2.05) is 0 Å². The molecule has 1 aromatic carbocycles. The van der Waals surface area contributed by atoms with Gasteiger partial charge in [-0.3, -0.25) is 0 Å². The summed E-state index contributed by atoms with van der Waals surface area (Å²) in [4.78, 5) is 2.46. The quantitative estimate of drug-likeness (QED) is 0.898. The minimum absolute atomic E-state index is 0.487. The van der Waals surface area contributed by atoms with E-state index in [0.717, 1.165) is 6.54 Å². The molecule has 0 radical (unpaired) electrons. The van der Waals surface area contributed by atoms with Crippen molar-refractivity contribution in [3.05, 3.63) is 34.3 Å². The van der Waals surface area contributed by atoms with Crippen molar-refractivity contribution in [2.24, 2.45) is 5.41 Å². The van der Waals surface area contributed by atoms with Crippen LogP contribution in [0.3, 0.4) is 0 Å². The highest BCUT2D eigenvalue weighted by Gasteiger charge is 2.32. The standard InChI is InChI=1S/C15H23BrN2/c1-3-15(7-8-17-11-15)12-18(2)10-13-5-4-6-14(16)9-13/h4-6,9,17H,3,7-8,10-12H2,1-2H3. The zero-order valence-electron chi connectivity index (χ0n) is 11.4. The van der Waals surface area contributed by atoms with Gasteiger partial charge in [-0.1, -0.05) is 35.0 Å². The molecule has 18 heavy (non-hydrogen) atoms. The van der Waals surface area contributed by atoms with Gasteiger partial charge in [0.15, 0.2) is 0 Å². The second kappa shape index (κ2) is 6.18. The third-order valence-electron chi connectivity index (χ3n) is 4.03. The highest BCUT2D eigenvalue weighted by Crippen LogP contribution is 2.30. The monoisotopic (exact) mass is 310 g/mol. The van der Waals surface area contributed by atoms with Gasteiger partial charge in [0, 0.05) is 24.1 Å². The number of hydrogen-bond acceptors (Lipinski definition) is 2. The third kappa shape index (κ3) is 3.56. The number of nitrogens with zero attached hydrogens (tertiary/aromatic N) is 1. The average Bonchev–Trinajstić information content (AvgIpc) is 2.78. The maximum atomic E-state index is 3.54. The fourth-order valence-corrected chi connectivity index (χ4v) is 3.37. The van der Waals surface area contributed by atoms with Gasteiger partial charge in [-0.2, -0.15) is 0 Å². The Balaban J connectivity index is 1.93. The van der Waals surface area contributed by atoms with Gasteiger partial charge >= 0.3 is 0 Å². The van der Waals surface area contributed by atoms with Crippen LogP contribution in [0.2, 0.25) is 0 Å². The molecule has 100 valence electrons. The molecular weight excluding hydrogens is 288 g/mol. The number of benzene rings is 1. The first-order chi connectivity index (χ1) is 8.63. The van der Waals surface area contributed by atoms with Crippen molar-refractivity contribution in [1.82, 2.24) is 10.2 Å². The lowest BCUT2D eigenvalue weighted by atomic mass is 9.84. The van der Waals surface area contributed by atoms with Crippen molar-refractivity contribution in [3.63, 3.8) is 0 Å². The molecule has 1 N–H and O–H groups in total. The summed E-state index contributed by atoms with van der Waals surface area (Å²) >= 11 is 3.54. The fourth-order valence-electron chi connectivity index (χ4n) is 2.92. The Bertz CT molecular complexity index is 386. The summed E-state index contributed by atoms with van der Waals surface area (Å²) in [6, 6.07) is 8.60. The maximum Gasteiger partial charge on any atom is 0.0231 e. The summed E-state index contributed by atoms with van der Waals surface area (Å²) in [5.41, 5.74) is 1.87. The number of rotatable bonds is 5. The Morgan fingerprint density at radius 3 is 2.89 bits per heavy atom. The lowest BCUT2D eigenvalue weighted by molar-refractivity contribution is 0.179. The Hall–Kier alpha value is -0.380. The topological polar surface area (TPSA) is 15.3 Å². The van der Waals surface area contributed by atoms with Gasteiger partial charge in [-0.25, -0.2) is 0 Å². The smallest absolute Gasteiger partial charge is 0.0231 e. The normalized spacial score (nSPS) is 23.8. The van der Waals surface area contributed by atoms with E-state index >= 15 is 0 Å². The molecule has 3 heteroatoms. The number of hydrogen-bond donors (Lipinski definition) is 1. The molecule has 0 saturated carbocycles. The molecule has 0 aliphatic carbocycles. The molecule has 2 nitrogen and oxygen atoms in total. The van der Waals surface area contributed by atoms with E-state index in [1.165, 1.54) is 42.5 Å². The minimum Gasteiger partial charge on any atom is -0.316 e. The Kier molecular flexibility index (Phi) is 4.82. The van der Waals surface area contributed by atoms with E-state index in [2.05, 4.69) is 64.4 Å². The molecule has 1 saturated heterocycles. The predicted octanol–water partition coefficient (Wildman–Crippen LogP) is 3.27. The third-order valence-corrected chi connectivity index (χ3v) is 4.52. The molecule has 1 fully saturated rings. The first-order valence-electron chi connectivity index (χ1n) is 6.77. The van der Waals surface area contributed by atoms with E-state index in [9.17, 15) is 0 Å². The summed E-state index contributed by atoms with van der Waals surface area (Å²) in [7, 11) is 2.23. The SMILES string of the molecule is CCC1(CN(C)Cc2cccc(Br)c2)CCNC1. The highest BCUT2D eigenvalue weighted by atomic mass is 79.9. The van der Waals surface area contributed by atoms with Crippen LogP contribution >= 0.6 is 15.9 Å². The van der Waals surface area contributed by atoms with Gasteiger partial charge < -0.3 is 10.2 Å². The van der Waals surface area contributed by atoms with Crippen LogP contribution in [0.25, 0.3) is 0 Å². The van der Waals surface area contributed by atoms with Gasteiger partial charge in [-0.15, -0.1) is 0 Å². The van der Waals surface area contributed by atoms with E-state index < -0.39 is 0 Å². The lowest BCUT2D eigenvalue weighted by Gasteiger charge is -2.32. The van der Waals surface area contributed by atoms with E-state index in [-0.39, 0.29) is 0 Å². The van der Waals surface area contributed by atoms with Crippen LogP contribution in [-0.2, 0) is 6.54 Å². The Morgan fingerprint density at radius 1 is 1.44 bits per heavy atom. The van der Waals surface area contributed by atoms with Gasteiger partial charge in [-0.05, 0) is 49.5 Å². The van der Waals surface area contributed by atoms with Crippen LogP contribution < -0.4 is 5.32 Å². The summed E-state index contributed by atoms with van der Waals surface area (Å²) in [6.07, 6.45) is 2.58. The van der Waals surface area contributed by atoms with Crippen LogP contribution in [0.15, 0.2) is 28.7 Å². The van der Waals surface area contributed by atoms with Crippen LogP contribution in [0.1, 0.15) is 25.3 Å². The molecule has 2 rings (SSSR count). The summed E-state index contributed by atoms with van der Waals surface area (Å²) < 4.78 is 1.17. The Morgan fingerprint density at radius 2 is 2.28 bits per heavy atom. The van der Waals surface area contributed by atoms with Crippen molar-refractivity contribution < 1.29 is 0 Å². The van der Waals surface area contributed by atoms with Crippen molar-refractivity contribution in [2.45, 2.75) is 26.3 Å². The van der Waals surface area contributed by atoms with Crippen LogP contribution in [0.5, 0.6) is 0 Å². The molecule has 0 amide bonds. The fraction of sp³-hybridized carbons (Fsp3) is 0.600. The zero-order valence-corrected chi connectivity index (χ0v) is 13.0. The molecule has 1 unspecified atom stereocenters. The molecule has 1 aliphatic rings. The van der Waals surface area contributed by atoms with Gasteiger partial charge in [0.2, 0.25) is 0 Å². The summed E-state index contributed by atoms with van der Waals surface area (Å²) in [6.45, 7) is 6.88. The van der Waals surface area contributed by atoms with E-state index in [1.54, 1.807) is 0 Å². The number of halogens is 1. The van der Waals surface area contributed by atoms with Crippen molar-refractivity contribution >= 4 is 15.9 Å². The largest absolute Gasteiger partial charge is 0.316 e. The Labute approximate surface area is 119 Å². The second-order valence-corrected chi connectivity index (χ2v) is 6.50. The highest BCUT2D eigenvalue weighted by molar-refractivity contribution is 9.10. The summed E-state index contributed by atoms with van der Waals surface area (Å²) in [5, 5.41) is 3.51. The first kappa shape index (κ1) is 14.0. The molecule has 0 spiro atoms.